The van der Waals surface area contributed by atoms with Crippen LogP contribution in [0.2, 0.25) is 5.02 Å². The van der Waals surface area contributed by atoms with Crippen LogP contribution in [0.15, 0.2) is 79.0 Å². The second-order valence-corrected chi connectivity index (χ2v) is 7.48. The molecule has 0 fully saturated rings. The van der Waals surface area contributed by atoms with E-state index in [1.54, 1.807) is 55.8 Å². The molecule has 162 valence electrons. The number of methoxy groups -OCH3 is 1. The van der Waals surface area contributed by atoms with E-state index in [1.807, 2.05) is 30.3 Å². The first-order valence-corrected chi connectivity index (χ1v) is 10.3. The van der Waals surface area contributed by atoms with Crippen molar-refractivity contribution in [1.29, 1.82) is 0 Å². The van der Waals surface area contributed by atoms with Crippen molar-refractivity contribution < 1.29 is 19.4 Å². The third kappa shape index (κ3) is 4.60. The van der Waals surface area contributed by atoms with Gasteiger partial charge in [0.05, 0.1) is 18.2 Å². The lowest BCUT2D eigenvalue weighted by Crippen LogP contribution is -2.33. The van der Waals surface area contributed by atoms with Gasteiger partial charge in [-0.15, -0.1) is 0 Å². The van der Waals surface area contributed by atoms with E-state index < -0.39 is 6.04 Å². The molecule has 0 aliphatic rings. The summed E-state index contributed by atoms with van der Waals surface area (Å²) in [4.78, 5) is 17.0. The number of para-hydroxylation sites is 1. The summed E-state index contributed by atoms with van der Waals surface area (Å²) < 4.78 is 10.8. The van der Waals surface area contributed by atoms with Crippen molar-refractivity contribution >= 4 is 28.4 Å². The normalized spacial score (nSPS) is 11.7. The van der Waals surface area contributed by atoms with Crippen molar-refractivity contribution in [2.45, 2.75) is 6.04 Å². The molecular formula is C25H21ClN2O4. The van der Waals surface area contributed by atoms with Crippen LogP contribution < -0.4 is 14.8 Å². The van der Waals surface area contributed by atoms with E-state index in [-0.39, 0.29) is 18.3 Å². The highest BCUT2D eigenvalue weighted by Crippen LogP contribution is 2.38. The largest absolute Gasteiger partial charge is 0.505 e. The summed E-state index contributed by atoms with van der Waals surface area (Å²) in [5.41, 5.74) is 1.53. The molecule has 0 bridgehead atoms. The van der Waals surface area contributed by atoms with Crippen molar-refractivity contribution in [3.8, 4) is 17.2 Å². The molecule has 2 N–H and O–H groups in total. The first kappa shape index (κ1) is 21.5. The molecule has 0 aliphatic carbocycles. The van der Waals surface area contributed by atoms with Crippen LogP contribution in [0.4, 0.5) is 0 Å². The molecule has 0 radical (unpaired) electrons. The second kappa shape index (κ2) is 9.58. The molecule has 0 saturated heterocycles. The van der Waals surface area contributed by atoms with Gasteiger partial charge in [0, 0.05) is 17.1 Å². The summed E-state index contributed by atoms with van der Waals surface area (Å²) in [6, 6.07) is 20.8. The summed E-state index contributed by atoms with van der Waals surface area (Å²) in [6.45, 7) is -0.184. The molecule has 7 heteroatoms. The van der Waals surface area contributed by atoms with Gasteiger partial charge in [0.2, 0.25) is 0 Å². The quantitative estimate of drug-likeness (QED) is 0.421. The summed E-state index contributed by atoms with van der Waals surface area (Å²) in [7, 11) is 1.58. The molecule has 3 aromatic carbocycles. The number of amides is 1. The highest BCUT2D eigenvalue weighted by molar-refractivity contribution is 6.35. The third-order valence-corrected chi connectivity index (χ3v) is 5.34. The van der Waals surface area contributed by atoms with E-state index in [0.717, 1.165) is 5.56 Å². The van der Waals surface area contributed by atoms with E-state index in [9.17, 15) is 9.90 Å². The Hall–Kier alpha value is -3.77. The maximum atomic E-state index is 12.8. The molecule has 0 saturated carbocycles. The number of ether oxygens (including phenoxy) is 2. The van der Waals surface area contributed by atoms with Gasteiger partial charge in [0.25, 0.3) is 5.91 Å². The first-order chi connectivity index (χ1) is 15.6. The smallest absolute Gasteiger partial charge is 0.258 e. The number of nitrogens with one attached hydrogen (secondary N) is 1. The Kier molecular flexibility index (Phi) is 6.42. The molecular weight excluding hydrogens is 428 g/mol. The summed E-state index contributed by atoms with van der Waals surface area (Å²) >= 11 is 6.48. The van der Waals surface area contributed by atoms with Crippen LogP contribution in [0.25, 0.3) is 10.9 Å². The molecule has 1 heterocycles. The molecule has 32 heavy (non-hydrogen) atoms. The van der Waals surface area contributed by atoms with E-state index >= 15 is 0 Å². The molecule has 1 amide bonds. The Balaban J connectivity index is 1.69. The number of carbonyl (C=O) groups excluding carboxylic acids is 1. The second-order valence-electron chi connectivity index (χ2n) is 7.07. The lowest BCUT2D eigenvalue weighted by molar-refractivity contribution is -0.123. The number of aromatic nitrogens is 1. The van der Waals surface area contributed by atoms with Gasteiger partial charge in [-0.2, -0.15) is 0 Å². The van der Waals surface area contributed by atoms with E-state index in [4.69, 9.17) is 21.1 Å². The summed E-state index contributed by atoms with van der Waals surface area (Å²) in [6.07, 6.45) is 1.58. The average molecular weight is 449 g/mol. The Morgan fingerprint density at radius 3 is 2.53 bits per heavy atom. The molecule has 1 aromatic heterocycles. The first-order valence-electron chi connectivity index (χ1n) is 9.94. The minimum Gasteiger partial charge on any atom is -0.505 e. The van der Waals surface area contributed by atoms with Crippen LogP contribution in [0, 0.1) is 0 Å². The number of benzene rings is 3. The van der Waals surface area contributed by atoms with Crippen LogP contribution >= 0.6 is 11.6 Å². The number of pyridine rings is 1. The van der Waals surface area contributed by atoms with Crippen molar-refractivity contribution in [1.82, 2.24) is 10.3 Å². The standard InChI is InChI=1S/C25H21ClN2O4/c1-31-17-11-9-16(10-12-17)23(28-22(29)15-32-18-6-3-2-4-7-18)20-14-21(26)19-8-5-13-27-24(19)25(20)30/h2-14,23,30H,15H2,1H3,(H,28,29)/t23-/m1/s1. The monoisotopic (exact) mass is 448 g/mol. The number of halogens is 1. The number of aromatic hydroxyl groups is 1. The summed E-state index contributed by atoms with van der Waals surface area (Å²) in [5, 5.41) is 15.0. The number of hydrogen-bond donors (Lipinski definition) is 2. The summed E-state index contributed by atoms with van der Waals surface area (Å²) in [5.74, 6) is 0.861. The number of nitrogens with zero attached hydrogens (tertiary/aromatic N) is 1. The Bertz CT molecular complexity index is 1230. The predicted molar refractivity (Wildman–Crippen MR) is 123 cm³/mol. The van der Waals surface area contributed by atoms with E-state index in [1.165, 1.54) is 0 Å². The zero-order chi connectivity index (χ0) is 22.5. The van der Waals surface area contributed by atoms with Crippen molar-refractivity contribution in [3.63, 3.8) is 0 Å². The highest BCUT2D eigenvalue weighted by Gasteiger charge is 2.23. The van der Waals surface area contributed by atoms with Gasteiger partial charge >= 0.3 is 0 Å². The fraction of sp³-hybridized carbons (Fsp3) is 0.120. The van der Waals surface area contributed by atoms with E-state index in [0.29, 0.717) is 33.0 Å². The molecule has 0 aliphatic heterocycles. The molecule has 0 spiro atoms. The van der Waals surface area contributed by atoms with Crippen LogP contribution in [0.1, 0.15) is 17.2 Å². The number of hydrogen-bond acceptors (Lipinski definition) is 5. The van der Waals surface area contributed by atoms with Gasteiger partial charge in [-0.25, -0.2) is 0 Å². The highest BCUT2D eigenvalue weighted by atomic mass is 35.5. The number of carbonyl (C=O) groups is 1. The zero-order valence-electron chi connectivity index (χ0n) is 17.3. The van der Waals surface area contributed by atoms with Crippen LogP contribution in [-0.2, 0) is 4.79 Å². The molecule has 4 aromatic rings. The van der Waals surface area contributed by atoms with Crippen LogP contribution in [0.5, 0.6) is 17.2 Å². The topological polar surface area (TPSA) is 80.7 Å². The fourth-order valence-electron chi connectivity index (χ4n) is 3.43. The van der Waals surface area contributed by atoms with E-state index in [2.05, 4.69) is 10.3 Å². The molecule has 6 nitrogen and oxygen atoms in total. The predicted octanol–water partition coefficient (Wildman–Crippen LogP) is 4.89. The average Bonchev–Trinajstić information content (AvgIpc) is 2.84. The van der Waals surface area contributed by atoms with Crippen molar-refractivity contribution in [2.75, 3.05) is 13.7 Å². The number of phenolic OH excluding ortho intramolecular Hbond substituents is 1. The number of fused-ring (bicyclic) bond motifs is 1. The van der Waals surface area contributed by atoms with Crippen molar-refractivity contribution in [3.05, 3.63) is 95.1 Å². The maximum absolute atomic E-state index is 12.8. The zero-order valence-corrected chi connectivity index (χ0v) is 18.0. The third-order valence-electron chi connectivity index (χ3n) is 5.02. The maximum Gasteiger partial charge on any atom is 0.258 e. The van der Waals surface area contributed by atoms with Gasteiger partial charge in [-0.1, -0.05) is 41.9 Å². The molecule has 4 rings (SSSR count). The van der Waals surface area contributed by atoms with Crippen LogP contribution in [0.3, 0.4) is 0 Å². The van der Waals surface area contributed by atoms with Gasteiger partial charge in [-0.3, -0.25) is 9.78 Å². The fourth-order valence-corrected chi connectivity index (χ4v) is 3.70. The SMILES string of the molecule is COc1ccc([C@@H](NC(=O)COc2ccccc2)c2cc(Cl)c3cccnc3c2O)cc1. The minimum atomic E-state index is -0.684. The number of phenols is 1. The Morgan fingerprint density at radius 2 is 1.81 bits per heavy atom. The van der Waals surface area contributed by atoms with Crippen molar-refractivity contribution in [2.24, 2.45) is 0 Å². The van der Waals surface area contributed by atoms with Gasteiger partial charge in [-0.05, 0) is 48.0 Å². The molecule has 1 atom stereocenters. The van der Waals surface area contributed by atoms with Gasteiger partial charge in [0.15, 0.2) is 6.61 Å². The Morgan fingerprint density at radius 1 is 1.06 bits per heavy atom. The molecule has 0 unspecified atom stereocenters. The van der Waals surface area contributed by atoms with Crippen LogP contribution in [-0.4, -0.2) is 29.7 Å². The Labute approximate surface area is 190 Å². The number of rotatable bonds is 7. The van der Waals surface area contributed by atoms with Gasteiger partial charge < -0.3 is 19.9 Å². The lowest BCUT2D eigenvalue weighted by Gasteiger charge is -2.22. The lowest BCUT2D eigenvalue weighted by atomic mass is 9.96. The minimum absolute atomic E-state index is 0.0462. The van der Waals surface area contributed by atoms with Gasteiger partial charge in [0.1, 0.15) is 22.8 Å².